The molecule has 3 amide bonds. The molecule has 0 aromatic heterocycles. The molecule has 1 saturated heterocycles. The van der Waals surface area contributed by atoms with Crippen LogP contribution in [0.3, 0.4) is 0 Å². The second-order valence-corrected chi connectivity index (χ2v) is 30.7. The molecule has 0 unspecified atom stereocenters. The molecule has 0 aliphatic carbocycles. The second kappa shape index (κ2) is 67.4. The van der Waals surface area contributed by atoms with Crippen molar-refractivity contribution in [2.75, 3.05) is 26.4 Å². The first-order valence-corrected chi connectivity index (χ1v) is 43.6. The van der Waals surface area contributed by atoms with Crippen LogP contribution in [0.4, 0.5) is 0 Å². The van der Waals surface area contributed by atoms with E-state index in [-0.39, 0.29) is 63.6 Å². The number of phosphoric ester groups is 1. The standard InChI is InChI=1S/C81H154N3O16P/c1-7-13-19-25-31-34-40-43-49-55-68(97-76(89)58-52-46-37-28-22-16-10-4)63-73(86)82-61-62-95-81-80(84-75(88)65-70(57-51-45-42-36-33-27-21-15-9-3)99-78(91)60-54-48-39-30-24-18-12-6)79(71(72(66-85)100-81)67-96-101(92,93)94)83-74(87)64-69(56-50-44-41-35-32-26-20-14-8-2)98-77(90)59-53-47-38-29-23-17-11-5/h68-72,79-81,85H,7-67H2,1-6H3,(H,82,86)(H,83,87)(H,84,88)(H2,92,93,94)/t68-,69-,70-,71-,72-,79-,80-,81-/m1/s1. The highest BCUT2D eigenvalue weighted by atomic mass is 31.2. The summed E-state index contributed by atoms with van der Waals surface area (Å²) in [5.74, 6) is -3.83. The number of esters is 3. The van der Waals surface area contributed by atoms with E-state index in [9.17, 15) is 48.2 Å². The molecule has 1 aliphatic heterocycles. The molecule has 19 nitrogen and oxygen atoms in total. The summed E-state index contributed by atoms with van der Waals surface area (Å²) in [6.45, 7) is 11.5. The fourth-order valence-electron chi connectivity index (χ4n) is 13.7. The van der Waals surface area contributed by atoms with E-state index in [1.54, 1.807) is 0 Å². The zero-order valence-electron chi connectivity index (χ0n) is 65.3. The highest BCUT2D eigenvalue weighted by Crippen LogP contribution is 2.39. The third-order valence-corrected chi connectivity index (χ3v) is 20.4. The fraction of sp³-hybridized carbons (Fsp3) is 0.926. The van der Waals surface area contributed by atoms with Crippen molar-refractivity contribution < 1.29 is 76.4 Å². The van der Waals surface area contributed by atoms with E-state index in [1.165, 1.54) is 116 Å². The van der Waals surface area contributed by atoms with Crippen molar-refractivity contribution >= 4 is 43.5 Å². The fourth-order valence-corrected chi connectivity index (χ4v) is 14.1. The molecule has 1 heterocycles. The summed E-state index contributed by atoms with van der Waals surface area (Å²) >= 11 is 0. The van der Waals surface area contributed by atoms with Crippen LogP contribution in [0.1, 0.15) is 408 Å². The number of amides is 3. The molecular formula is C81H154N3O16P. The predicted molar refractivity (Wildman–Crippen MR) is 407 cm³/mol. The largest absolute Gasteiger partial charge is 0.469 e. The second-order valence-electron chi connectivity index (χ2n) is 29.5. The Morgan fingerprint density at radius 3 is 0.960 bits per heavy atom. The first kappa shape index (κ1) is 95.8. The number of aliphatic hydroxyl groups excluding tert-OH is 1. The molecule has 1 aliphatic rings. The zero-order chi connectivity index (χ0) is 74.1. The smallest absolute Gasteiger partial charge is 0.462 e. The van der Waals surface area contributed by atoms with Crippen LogP contribution in [0.5, 0.6) is 0 Å². The van der Waals surface area contributed by atoms with Gasteiger partial charge >= 0.3 is 25.7 Å². The van der Waals surface area contributed by atoms with Gasteiger partial charge in [-0.25, -0.2) is 4.57 Å². The van der Waals surface area contributed by atoms with Crippen molar-refractivity contribution in [2.45, 2.75) is 450 Å². The van der Waals surface area contributed by atoms with Crippen molar-refractivity contribution in [3.05, 3.63) is 0 Å². The number of unbranched alkanes of at least 4 members (excludes halogenated alkanes) is 42. The van der Waals surface area contributed by atoms with Gasteiger partial charge < -0.3 is 54.5 Å². The molecule has 101 heavy (non-hydrogen) atoms. The minimum absolute atomic E-state index is 0.0537. The van der Waals surface area contributed by atoms with Crippen molar-refractivity contribution in [1.29, 1.82) is 0 Å². The lowest BCUT2D eigenvalue weighted by Crippen LogP contribution is -2.68. The van der Waals surface area contributed by atoms with Gasteiger partial charge in [0.1, 0.15) is 24.4 Å². The first-order valence-electron chi connectivity index (χ1n) is 42.1. The number of carbonyl (C=O) groups is 6. The van der Waals surface area contributed by atoms with Crippen LogP contribution < -0.4 is 16.0 Å². The molecule has 0 radical (unpaired) electrons. The maximum atomic E-state index is 14.8. The third kappa shape index (κ3) is 56.8. The van der Waals surface area contributed by atoms with Gasteiger partial charge in [0.25, 0.3) is 0 Å². The van der Waals surface area contributed by atoms with Crippen LogP contribution in [0.2, 0.25) is 0 Å². The van der Waals surface area contributed by atoms with Gasteiger partial charge in [0.2, 0.25) is 17.7 Å². The Morgan fingerprint density at radius 1 is 0.386 bits per heavy atom. The molecule has 20 heteroatoms. The van der Waals surface area contributed by atoms with E-state index in [1.807, 2.05) is 0 Å². The summed E-state index contributed by atoms with van der Waals surface area (Å²) in [6, 6.07) is -2.60. The van der Waals surface area contributed by atoms with Gasteiger partial charge in [-0.1, -0.05) is 311 Å². The monoisotopic (exact) mass is 1460 g/mol. The van der Waals surface area contributed by atoms with E-state index in [0.29, 0.717) is 44.9 Å². The minimum Gasteiger partial charge on any atom is -0.462 e. The van der Waals surface area contributed by atoms with Crippen LogP contribution in [-0.2, 0) is 61.5 Å². The average molecular weight is 1460 g/mol. The number of hydrogen-bond acceptors (Lipinski definition) is 14. The highest BCUT2D eigenvalue weighted by molar-refractivity contribution is 7.46. The summed E-state index contributed by atoms with van der Waals surface area (Å²) in [7, 11) is -5.17. The number of hydrogen-bond donors (Lipinski definition) is 6. The number of rotatable bonds is 73. The van der Waals surface area contributed by atoms with E-state index >= 15 is 0 Å². The van der Waals surface area contributed by atoms with Gasteiger partial charge in [-0.2, -0.15) is 0 Å². The van der Waals surface area contributed by atoms with Gasteiger partial charge in [0.15, 0.2) is 6.29 Å². The Hall–Kier alpha value is -3.19. The number of ether oxygens (including phenoxy) is 5. The predicted octanol–water partition coefficient (Wildman–Crippen LogP) is 19.6. The van der Waals surface area contributed by atoms with E-state index in [4.69, 9.17) is 28.2 Å². The number of aliphatic hydroxyl groups is 1. The topological polar surface area (TPSA) is 272 Å². The Labute approximate surface area is 615 Å². The Balaban J connectivity index is 3.73. The summed E-state index contributed by atoms with van der Waals surface area (Å²) in [5.41, 5.74) is 0. The minimum atomic E-state index is -5.17. The molecule has 0 saturated carbocycles. The molecule has 1 fully saturated rings. The Kier molecular flexibility index (Phi) is 64.0. The van der Waals surface area contributed by atoms with Gasteiger partial charge in [-0.05, 0) is 57.8 Å². The van der Waals surface area contributed by atoms with Gasteiger partial charge in [-0.15, -0.1) is 0 Å². The summed E-state index contributed by atoms with van der Waals surface area (Å²) in [5, 5.41) is 20.0. The lowest BCUT2D eigenvalue weighted by molar-refractivity contribution is -0.240. The van der Waals surface area contributed by atoms with E-state index in [2.05, 4.69) is 57.5 Å². The van der Waals surface area contributed by atoms with Gasteiger partial charge in [0, 0.05) is 31.7 Å². The van der Waals surface area contributed by atoms with Crippen molar-refractivity contribution in [3.8, 4) is 0 Å². The van der Waals surface area contributed by atoms with Crippen molar-refractivity contribution in [1.82, 2.24) is 16.0 Å². The number of carbonyl (C=O) groups excluding carboxylic acids is 6. The van der Waals surface area contributed by atoms with E-state index in [0.717, 1.165) is 167 Å². The lowest BCUT2D eigenvalue weighted by Gasteiger charge is -2.46. The van der Waals surface area contributed by atoms with Crippen LogP contribution in [0, 0.1) is 5.92 Å². The molecule has 0 spiro atoms. The average Bonchev–Trinajstić information content (AvgIpc) is 0.786. The van der Waals surface area contributed by atoms with E-state index < -0.39 is 93.5 Å². The highest BCUT2D eigenvalue weighted by Gasteiger charge is 2.49. The van der Waals surface area contributed by atoms with Crippen LogP contribution in [0.25, 0.3) is 0 Å². The van der Waals surface area contributed by atoms with Gasteiger partial charge in [-0.3, -0.25) is 33.3 Å². The lowest BCUT2D eigenvalue weighted by atomic mass is 9.85. The van der Waals surface area contributed by atoms with Gasteiger partial charge in [0.05, 0.1) is 51.2 Å². The normalized spacial score (nSPS) is 17.1. The van der Waals surface area contributed by atoms with Crippen LogP contribution in [0.15, 0.2) is 0 Å². The third-order valence-electron chi connectivity index (χ3n) is 19.9. The molecular weight excluding hydrogens is 1300 g/mol. The summed E-state index contributed by atoms with van der Waals surface area (Å²) in [4.78, 5) is 104. The molecule has 594 valence electrons. The molecule has 1 rings (SSSR count). The maximum Gasteiger partial charge on any atom is 0.469 e. The Bertz CT molecular complexity index is 2050. The van der Waals surface area contributed by atoms with Crippen LogP contribution >= 0.6 is 7.82 Å². The van der Waals surface area contributed by atoms with Crippen molar-refractivity contribution in [3.63, 3.8) is 0 Å². The summed E-state index contributed by atoms with van der Waals surface area (Å²) in [6.07, 6.45) is 47.7. The maximum absolute atomic E-state index is 14.8. The molecule has 0 aromatic rings. The number of nitrogens with one attached hydrogen (secondary N) is 3. The SMILES string of the molecule is CCCCCCCCCCC[C@H](CC(=O)NCCO[C@@H]1O[C@H](CO)[C@@H](COP(=O)(O)O)[C@@H](NC(=O)C[C@@H](CCCCCCCCCCC)OC(=O)CCCCCCCCC)[C@H]1NC(=O)C[C@@H](CCCCCCCCCCC)OC(=O)CCCCCCCCC)OC(=O)CCCCCCCCC. The number of phosphoric acid groups is 1. The quantitative estimate of drug-likeness (QED) is 0.0143. The Morgan fingerprint density at radius 2 is 0.663 bits per heavy atom. The molecule has 8 atom stereocenters. The molecule has 6 N–H and O–H groups in total. The summed E-state index contributed by atoms with van der Waals surface area (Å²) < 4.78 is 48.8. The zero-order valence-corrected chi connectivity index (χ0v) is 66.2. The van der Waals surface area contributed by atoms with Crippen LogP contribution in [-0.4, -0.2) is 120 Å². The first-order chi connectivity index (χ1) is 49.0. The molecule has 0 aromatic carbocycles. The molecule has 0 bridgehead atoms. The van der Waals surface area contributed by atoms with Crippen molar-refractivity contribution in [2.24, 2.45) is 5.92 Å².